The Balaban J connectivity index is 1.54. The summed E-state index contributed by atoms with van der Waals surface area (Å²) in [6.07, 6.45) is 5.56. The first-order valence-corrected chi connectivity index (χ1v) is 10.3. The van der Waals surface area contributed by atoms with E-state index < -0.39 is 5.41 Å². The van der Waals surface area contributed by atoms with Crippen LogP contribution in [0.4, 0.5) is 5.69 Å². The quantitative estimate of drug-likeness (QED) is 0.840. The van der Waals surface area contributed by atoms with Crippen LogP contribution >= 0.6 is 11.6 Å². The summed E-state index contributed by atoms with van der Waals surface area (Å²) in [5, 5.41) is 3.67. The first-order chi connectivity index (χ1) is 14.0. The van der Waals surface area contributed by atoms with Crippen LogP contribution in [0.3, 0.4) is 0 Å². The highest BCUT2D eigenvalue weighted by Crippen LogP contribution is 2.44. The number of carbonyl (C=O) groups excluding carboxylic acids is 2. The summed E-state index contributed by atoms with van der Waals surface area (Å²) in [4.78, 5) is 34.6. The molecule has 6 nitrogen and oxygen atoms in total. The summed E-state index contributed by atoms with van der Waals surface area (Å²) in [5.74, 6) is 0.0211. The van der Waals surface area contributed by atoms with Crippen LogP contribution < -0.4 is 5.32 Å². The van der Waals surface area contributed by atoms with Crippen molar-refractivity contribution in [1.29, 1.82) is 0 Å². The standard InChI is InChI=1S/C22H25ClN4O2/c1-26-13-9-22(21(29)25-18-3-2-11-24-15-18)10-14-27(12-8-19(22)26)20(28)16-4-6-17(23)7-5-16/h2-7,11,15,19H,8-10,12-14H2,1H3,(H,25,29)/t19-,22-/m0/s1. The van der Waals surface area contributed by atoms with Gasteiger partial charge in [0.15, 0.2) is 0 Å². The van der Waals surface area contributed by atoms with E-state index in [0.29, 0.717) is 35.8 Å². The Labute approximate surface area is 175 Å². The molecule has 152 valence electrons. The minimum atomic E-state index is -0.500. The average Bonchev–Trinajstić information content (AvgIpc) is 2.93. The molecule has 2 saturated heterocycles. The van der Waals surface area contributed by atoms with Crippen molar-refractivity contribution >= 4 is 29.1 Å². The van der Waals surface area contributed by atoms with Crippen LogP contribution in [0, 0.1) is 5.41 Å². The molecule has 2 aliphatic heterocycles. The van der Waals surface area contributed by atoms with E-state index in [0.717, 1.165) is 19.4 Å². The monoisotopic (exact) mass is 412 g/mol. The van der Waals surface area contributed by atoms with Crippen LogP contribution in [-0.4, -0.2) is 59.3 Å². The summed E-state index contributed by atoms with van der Waals surface area (Å²) in [6, 6.07) is 10.8. The van der Waals surface area contributed by atoms with E-state index in [4.69, 9.17) is 11.6 Å². The first kappa shape index (κ1) is 19.9. The molecule has 7 heteroatoms. The fourth-order valence-corrected chi connectivity index (χ4v) is 4.81. The molecular weight excluding hydrogens is 388 g/mol. The number of anilines is 1. The smallest absolute Gasteiger partial charge is 0.253 e. The Bertz CT molecular complexity index is 889. The zero-order chi connectivity index (χ0) is 20.4. The van der Waals surface area contributed by atoms with E-state index in [2.05, 4.69) is 22.2 Å². The molecule has 4 rings (SSSR count). The summed E-state index contributed by atoms with van der Waals surface area (Å²) < 4.78 is 0. The van der Waals surface area contributed by atoms with Crippen LogP contribution in [0.2, 0.25) is 5.02 Å². The van der Waals surface area contributed by atoms with Crippen LogP contribution in [0.15, 0.2) is 48.8 Å². The SMILES string of the molecule is CN1CC[C@]2(C(=O)Nc3cccnc3)CCN(C(=O)c3ccc(Cl)cc3)CC[C@H]12. The van der Waals surface area contributed by atoms with Gasteiger partial charge in [-0.1, -0.05) is 11.6 Å². The number of nitrogens with zero attached hydrogens (tertiary/aromatic N) is 3. The highest BCUT2D eigenvalue weighted by Gasteiger charge is 2.52. The molecule has 0 spiro atoms. The lowest BCUT2D eigenvalue weighted by molar-refractivity contribution is -0.127. The maximum atomic E-state index is 13.4. The predicted octanol–water partition coefficient (Wildman–Crippen LogP) is 3.30. The molecule has 0 unspecified atom stereocenters. The number of rotatable bonds is 3. The minimum Gasteiger partial charge on any atom is -0.339 e. The topological polar surface area (TPSA) is 65.5 Å². The van der Waals surface area contributed by atoms with E-state index in [1.54, 1.807) is 36.7 Å². The second-order valence-electron chi connectivity index (χ2n) is 7.94. The van der Waals surface area contributed by atoms with Crippen molar-refractivity contribution in [2.24, 2.45) is 5.41 Å². The van der Waals surface area contributed by atoms with Gasteiger partial charge in [-0.05, 0) is 69.3 Å². The Morgan fingerprint density at radius 1 is 1.14 bits per heavy atom. The summed E-state index contributed by atoms with van der Waals surface area (Å²) >= 11 is 5.95. The number of hydrogen-bond donors (Lipinski definition) is 1. The molecule has 0 saturated carbocycles. The minimum absolute atomic E-state index is 0.00730. The van der Waals surface area contributed by atoms with Crippen LogP contribution in [0.1, 0.15) is 29.6 Å². The Kier molecular flexibility index (Phi) is 5.56. The summed E-state index contributed by atoms with van der Waals surface area (Å²) in [6.45, 7) is 2.08. The van der Waals surface area contributed by atoms with Gasteiger partial charge in [0.2, 0.25) is 5.91 Å². The molecular formula is C22H25ClN4O2. The molecule has 29 heavy (non-hydrogen) atoms. The molecule has 2 atom stereocenters. The van der Waals surface area contributed by atoms with Crippen molar-refractivity contribution in [3.8, 4) is 0 Å². The van der Waals surface area contributed by atoms with Crippen LogP contribution in [0.5, 0.6) is 0 Å². The number of aromatic nitrogens is 1. The van der Waals surface area contributed by atoms with Gasteiger partial charge in [-0.15, -0.1) is 0 Å². The fraction of sp³-hybridized carbons (Fsp3) is 0.409. The number of pyridine rings is 1. The van der Waals surface area contributed by atoms with Gasteiger partial charge in [0.1, 0.15) is 0 Å². The second kappa shape index (κ2) is 8.13. The van der Waals surface area contributed by atoms with Crippen molar-refractivity contribution in [3.63, 3.8) is 0 Å². The number of hydrogen-bond acceptors (Lipinski definition) is 4. The maximum absolute atomic E-state index is 13.4. The molecule has 3 heterocycles. The van der Waals surface area contributed by atoms with Gasteiger partial charge in [0.25, 0.3) is 5.91 Å². The molecule has 1 aromatic carbocycles. The van der Waals surface area contributed by atoms with E-state index in [1.165, 1.54) is 0 Å². The number of likely N-dealkylation sites (tertiary alicyclic amines) is 2. The van der Waals surface area contributed by atoms with Gasteiger partial charge in [0, 0.05) is 35.9 Å². The lowest BCUT2D eigenvalue weighted by Crippen LogP contribution is -2.46. The van der Waals surface area contributed by atoms with Gasteiger partial charge in [-0.3, -0.25) is 14.6 Å². The molecule has 2 aromatic rings. The third-order valence-corrected chi connectivity index (χ3v) is 6.58. The molecule has 1 aromatic heterocycles. The predicted molar refractivity (Wildman–Crippen MR) is 113 cm³/mol. The van der Waals surface area contributed by atoms with E-state index in [-0.39, 0.29) is 17.9 Å². The van der Waals surface area contributed by atoms with Crippen molar-refractivity contribution in [2.75, 3.05) is 32.0 Å². The Morgan fingerprint density at radius 3 is 2.62 bits per heavy atom. The molecule has 0 bridgehead atoms. The molecule has 2 fully saturated rings. The largest absolute Gasteiger partial charge is 0.339 e. The zero-order valence-corrected chi connectivity index (χ0v) is 17.2. The number of halogens is 1. The summed E-state index contributed by atoms with van der Waals surface area (Å²) in [5.41, 5.74) is 0.835. The number of fused-ring (bicyclic) bond motifs is 1. The maximum Gasteiger partial charge on any atom is 0.253 e. The number of carbonyl (C=O) groups is 2. The summed E-state index contributed by atoms with van der Waals surface area (Å²) in [7, 11) is 2.07. The third kappa shape index (κ3) is 3.87. The molecule has 0 radical (unpaired) electrons. The lowest BCUT2D eigenvalue weighted by atomic mass is 9.75. The van der Waals surface area contributed by atoms with Crippen molar-refractivity contribution < 1.29 is 9.59 Å². The van der Waals surface area contributed by atoms with E-state index in [1.807, 2.05) is 17.0 Å². The van der Waals surface area contributed by atoms with Gasteiger partial charge < -0.3 is 15.1 Å². The van der Waals surface area contributed by atoms with Gasteiger partial charge in [-0.25, -0.2) is 0 Å². The van der Waals surface area contributed by atoms with Crippen molar-refractivity contribution in [1.82, 2.24) is 14.8 Å². The highest BCUT2D eigenvalue weighted by molar-refractivity contribution is 6.30. The number of amides is 2. The lowest BCUT2D eigenvalue weighted by Gasteiger charge is -2.34. The second-order valence-corrected chi connectivity index (χ2v) is 8.37. The average molecular weight is 413 g/mol. The highest BCUT2D eigenvalue weighted by atomic mass is 35.5. The van der Waals surface area contributed by atoms with Crippen LogP contribution in [0.25, 0.3) is 0 Å². The van der Waals surface area contributed by atoms with Gasteiger partial charge >= 0.3 is 0 Å². The molecule has 0 aliphatic carbocycles. The zero-order valence-electron chi connectivity index (χ0n) is 16.5. The van der Waals surface area contributed by atoms with Crippen molar-refractivity contribution in [3.05, 3.63) is 59.4 Å². The van der Waals surface area contributed by atoms with E-state index >= 15 is 0 Å². The normalized spacial score (nSPS) is 24.6. The molecule has 2 aliphatic rings. The Morgan fingerprint density at radius 2 is 1.90 bits per heavy atom. The molecule has 1 N–H and O–H groups in total. The number of benzene rings is 1. The molecule has 2 amide bonds. The fourth-order valence-electron chi connectivity index (χ4n) is 4.68. The van der Waals surface area contributed by atoms with Crippen LogP contribution in [-0.2, 0) is 4.79 Å². The van der Waals surface area contributed by atoms with Crippen molar-refractivity contribution in [2.45, 2.75) is 25.3 Å². The third-order valence-electron chi connectivity index (χ3n) is 6.33. The van der Waals surface area contributed by atoms with Gasteiger partial charge in [-0.2, -0.15) is 0 Å². The Hall–Kier alpha value is -2.44. The van der Waals surface area contributed by atoms with E-state index in [9.17, 15) is 9.59 Å². The van der Waals surface area contributed by atoms with Gasteiger partial charge in [0.05, 0.1) is 17.3 Å². The number of nitrogens with one attached hydrogen (secondary N) is 1. The first-order valence-electron chi connectivity index (χ1n) is 9.96.